The van der Waals surface area contributed by atoms with Crippen LogP contribution in [0.5, 0.6) is 0 Å². The Kier molecular flexibility index (Phi) is 8.70. The zero-order valence-corrected chi connectivity index (χ0v) is 36.0. The SMILES string of the molecule is CCC(CC)C1=CC2(c3ccc4c(c3-c3cc(C)c5c(C)cc(C)cc5c32)C(C)(C)C2=C4C(C)(C)c3ccccc32)C(C2CCCCC2)C(C(CC)CC)=C1. The molecule has 0 aromatic heterocycles. The van der Waals surface area contributed by atoms with Crippen LogP contribution < -0.4 is 0 Å². The summed E-state index contributed by atoms with van der Waals surface area (Å²) in [5, 5.41) is 3.01. The standard InChI is InChI=1S/C55H66/c1-12-35(13-2)38-30-41(36(14-3)15-4)48(37-21-17-16-18-22-37)55(31-38)45-26-25-40-50(54(10,11)51-39-23-19-20-24-44(39)53(8,9)52(40)51)47(45)43-29-34(7)46-33(6)27-32(5)28-42(46)49(43)55/h19-20,23-31,35-37,48H,12-18,21-22H2,1-11H3. The predicted octanol–water partition coefficient (Wildman–Crippen LogP) is 15.5. The highest BCUT2D eigenvalue weighted by Gasteiger charge is 2.58. The largest absolute Gasteiger partial charge is 0.0654 e. The molecule has 0 heterocycles. The molecule has 9 rings (SSSR count). The lowest BCUT2D eigenvalue weighted by Crippen LogP contribution is -2.43. The molecule has 0 N–H and O–H groups in total. The summed E-state index contributed by atoms with van der Waals surface area (Å²) in [6.45, 7) is 27.0. The lowest BCUT2D eigenvalue weighted by Gasteiger charge is -2.50. The van der Waals surface area contributed by atoms with Gasteiger partial charge in [-0.1, -0.05) is 153 Å². The van der Waals surface area contributed by atoms with E-state index in [2.05, 4.69) is 143 Å². The van der Waals surface area contributed by atoms with Gasteiger partial charge in [-0.2, -0.15) is 0 Å². The van der Waals surface area contributed by atoms with E-state index >= 15 is 0 Å². The van der Waals surface area contributed by atoms with E-state index in [0.717, 1.165) is 0 Å². The number of aryl methyl sites for hydroxylation is 3. The van der Waals surface area contributed by atoms with E-state index in [1.54, 1.807) is 44.5 Å². The number of hydrogen-bond donors (Lipinski definition) is 0. The lowest BCUT2D eigenvalue weighted by atomic mass is 9.53. The molecule has 5 aliphatic carbocycles. The van der Waals surface area contributed by atoms with Crippen LogP contribution >= 0.6 is 0 Å². The Morgan fingerprint density at radius 3 is 1.98 bits per heavy atom. The first-order chi connectivity index (χ1) is 26.4. The fraction of sp³-hybridized carbons (Fsp3) is 0.491. The molecule has 286 valence electrons. The number of hydrogen-bond acceptors (Lipinski definition) is 0. The van der Waals surface area contributed by atoms with Crippen molar-refractivity contribution in [3.05, 3.63) is 128 Å². The number of allylic oxidation sites excluding steroid dienone is 6. The fourth-order valence-electron chi connectivity index (χ4n) is 13.8. The molecule has 4 aromatic rings. The van der Waals surface area contributed by atoms with E-state index in [0.29, 0.717) is 23.7 Å². The zero-order chi connectivity index (χ0) is 38.8. The van der Waals surface area contributed by atoms with Crippen LogP contribution in [-0.4, -0.2) is 0 Å². The van der Waals surface area contributed by atoms with Gasteiger partial charge < -0.3 is 0 Å². The Morgan fingerprint density at radius 2 is 1.29 bits per heavy atom. The third-order valence-corrected chi connectivity index (χ3v) is 16.0. The quantitative estimate of drug-likeness (QED) is 0.178. The molecule has 4 aromatic carbocycles. The van der Waals surface area contributed by atoms with Gasteiger partial charge in [-0.3, -0.25) is 0 Å². The number of rotatable bonds is 7. The van der Waals surface area contributed by atoms with E-state index in [9.17, 15) is 0 Å². The van der Waals surface area contributed by atoms with Gasteiger partial charge in [0.15, 0.2) is 0 Å². The van der Waals surface area contributed by atoms with E-state index in [1.807, 2.05) is 0 Å². The first-order valence-corrected chi connectivity index (χ1v) is 22.4. The van der Waals surface area contributed by atoms with E-state index in [1.165, 1.54) is 108 Å². The monoisotopic (exact) mass is 727 g/mol. The molecule has 0 radical (unpaired) electrons. The number of fused-ring (bicyclic) bond motifs is 12. The molecule has 2 unspecified atom stereocenters. The maximum atomic E-state index is 2.93. The summed E-state index contributed by atoms with van der Waals surface area (Å²) in [6.07, 6.45) is 17.4. The molecular weight excluding hydrogens is 661 g/mol. The average molecular weight is 727 g/mol. The van der Waals surface area contributed by atoms with Gasteiger partial charge in [0.25, 0.3) is 0 Å². The molecule has 0 bridgehead atoms. The molecule has 0 heteroatoms. The summed E-state index contributed by atoms with van der Waals surface area (Å²) in [7, 11) is 0. The molecular formula is C55H66. The second-order valence-electron chi connectivity index (χ2n) is 19.6. The molecule has 5 aliphatic rings. The van der Waals surface area contributed by atoms with Crippen molar-refractivity contribution < 1.29 is 0 Å². The van der Waals surface area contributed by atoms with Crippen molar-refractivity contribution in [3.8, 4) is 11.1 Å². The summed E-state index contributed by atoms with van der Waals surface area (Å²) < 4.78 is 0. The van der Waals surface area contributed by atoms with Crippen molar-refractivity contribution >= 4 is 21.9 Å². The van der Waals surface area contributed by atoms with Gasteiger partial charge in [-0.25, -0.2) is 0 Å². The van der Waals surface area contributed by atoms with Gasteiger partial charge in [0.05, 0.1) is 0 Å². The Bertz CT molecular complexity index is 2330. The summed E-state index contributed by atoms with van der Waals surface area (Å²) in [5.41, 5.74) is 22.8. The van der Waals surface area contributed by atoms with Crippen LogP contribution in [0, 0.1) is 44.4 Å². The van der Waals surface area contributed by atoms with Crippen molar-refractivity contribution in [2.24, 2.45) is 23.7 Å². The second-order valence-corrected chi connectivity index (χ2v) is 19.6. The molecule has 1 spiro atoms. The Hall–Kier alpha value is -3.64. The highest BCUT2D eigenvalue weighted by atomic mass is 14.6. The highest BCUT2D eigenvalue weighted by molar-refractivity contribution is 6.13. The van der Waals surface area contributed by atoms with Crippen LogP contribution in [0.3, 0.4) is 0 Å². The maximum Gasteiger partial charge on any atom is 0.0474 e. The van der Waals surface area contributed by atoms with Crippen LogP contribution in [0.1, 0.15) is 163 Å². The molecule has 0 aliphatic heterocycles. The summed E-state index contributed by atoms with van der Waals surface area (Å²) >= 11 is 0. The normalized spacial score (nSPS) is 23.3. The number of benzene rings is 4. The minimum atomic E-state index is -0.213. The van der Waals surface area contributed by atoms with Gasteiger partial charge in [0.2, 0.25) is 0 Å². The highest BCUT2D eigenvalue weighted by Crippen LogP contribution is 2.70. The van der Waals surface area contributed by atoms with E-state index in [-0.39, 0.29) is 16.2 Å². The Balaban J connectivity index is 1.46. The van der Waals surface area contributed by atoms with Crippen LogP contribution in [0.15, 0.2) is 77.9 Å². The fourth-order valence-corrected chi connectivity index (χ4v) is 13.8. The van der Waals surface area contributed by atoms with Crippen molar-refractivity contribution in [2.45, 2.75) is 150 Å². The van der Waals surface area contributed by atoms with Crippen molar-refractivity contribution in [1.29, 1.82) is 0 Å². The minimum Gasteiger partial charge on any atom is -0.0654 e. The van der Waals surface area contributed by atoms with E-state index in [4.69, 9.17) is 0 Å². The van der Waals surface area contributed by atoms with Crippen molar-refractivity contribution in [1.82, 2.24) is 0 Å². The molecule has 2 atom stereocenters. The third-order valence-electron chi connectivity index (χ3n) is 16.0. The molecule has 0 nitrogen and oxygen atoms in total. The molecule has 0 saturated heterocycles. The van der Waals surface area contributed by atoms with Crippen LogP contribution in [-0.2, 0) is 16.2 Å². The van der Waals surface area contributed by atoms with E-state index < -0.39 is 0 Å². The van der Waals surface area contributed by atoms with Gasteiger partial charge in [0, 0.05) is 22.2 Å². The lowest BCUT2D eigenvalue weighted by molar-refractivity contribution is 0.210. The van der Waals surface area contributed by atoms with Crippen molar-refractivity contribution in [3.63, 3.8) is 0 Å². The Labute approximate surface area is 333 Å². The van der Waals surface area contributed by atoms with Crippen LogP contribution in [0.25, 0.3) is 33.0 Å². The maximum absolute atomic E-state index is 2.93. The average Bonchev–Trinajstić information content (AvgIpc) is 3.68. The van der Waals surface area contributed by atoms with Gasteiger partial charge in [-0.05, 0) is 160 Å². The predicted molar refractivity (Wildman–Crippen MR) is 238 cm³/mol. The zero-order valence-electron chi connectivity index (χ0n) is 36.0. The minimum absolute atomic E-state index is 0.0429. The molecule has 1 saturated carbocycles. The van der Waals surface area contributed by atoms with Crippen LogP contribution in [0.2, 0.25) is 0 Å². The second kappa shape index (κ2) is 12.9. The summed E-state index contributed by atoms with van der Waals surface area (Å²) in [4.78, 5) is 0. The van der Waals surface area contributed by atoms with Gasteiger partial charge in [-0.15, -0.1) is 0 Å². The van der Waals surface area contributed by atoms with Gasteiger partial charge >= 0.3 is 0 Å². The van der Waals surface area contributed by atoms with Crippen molar-refractivity contribution in [2.75, 3.05) is 0 Å². The summed E-state index contributed by atoms with van der Waals surface area (Å²) in [5.74, 6) is 2.30. The third kappa shape index (κ3) is 4.88. The molecule has 1 fully saturated rings. The molecule has 55 heavy (non-hydrogen) atoms. The first kappa shape index (κ1) is 37.0. The molecule has 0 amide bonds. The Morgan fingerprint density at radius 1 is 0.636 bits per heavy atom. The smallest absolute Gasteiger partial charge is 0.0474 e. The topological polar surface area (TPSA) is 0 Å². The van der Waals surface area contributed by atoms with Crippen LogP contribution in [0.4, 0.5) is 0 Å². The van der Waals surface area contributed by atoms with Gasteiger partial charge in [0.1, 0.15) is 0 Å². The first-order valence-electron chi connectivity index (χ1n) is 22.4. The summed E-state index contributed by atoms with van der Waals surface area (Å²) in [6, 6.07) is 22.4.